The van der Waals surface area contributed by atoms with E-state index in [0.717, 1.165) is 18.6 Å². The molecule has 0 atom stereocenters. The SMILES string of the molecule is C=CCOc1c(C)cccc1[Si](C)(C)C1c2cc(-c3ccc(CCCC)cc3)ccc2-c2ccc(-c3ccc(CCCC)cc3)cc21. The Morgan fingerprint density at radius 2 is 1.15 bits per heavy atom. The van der Waals surface area contributed by atoms with Crippen LogP contribution in [0.3, 0.4) is 0 Å². The van der Waals surface area contributed by atoms with Crippen molar-refractivity contribution in [2.45, 2.75) is 77.9 Å². The van der Waals surface area contributed by atoms with Gasteiger partial charge in [0.2, 0.25) is 0 Å². The van der Waals surface area contributed by atoms with Crippen LogP contribution in [0.15, 0.2) is 116 Å². The Morgan fingerprint density at radius 3 is 1.62 bits per heavy atom. The van der Waals surface area contributed by atoms with Crippen LogP contribution in [0.1, 0.15) is 72.9 Å². The summed E-state index contributed by atoms with van der Waals surface area (Å²) in [6.45, 7) is 16.2. The van der Waals surface area contributed by atoms with Gasteiger partial charge in [-0.05, 0) is 99.0 Å². The molecule has 0 bridgehead atoms. The Morgan fingerprint density at radius 1 is 0.660 bits per heavy atom. The fourth-order valence-corrected chi connectivity index (χ4v) is 11.3. The van der Waals surface area contributed by atoms with E-state index in [1.54, 1.807) is 0 Å². The van der Waals surface area contributed by atoms with Gasteiger partial charge in [-0.25, -0.2) is 0 Å². The van der Waals surface area contributed by atoms with Crippen LogP contribution < -0.4 is 9.92 Å². The summed E-state index contributed by atoms with van der Waals surface area (Å²) in [5, 5.41) is 1.37. The van der Waals surface area contributed by atoms with Gasteiger partial charge in [-0.2, -0.15) is 0 Å². The van der Waals surface area contributed by atoms with E-state index in [1.165, 1.54) is 92.1 Å². The number of ether oxygens (including phenoxy) is 1. The van der Waals surface area contributed by atoms with Crippen molar-refractivity contribution >= 4 is 13.3 Å². The molecule has 5 aromatic carbocycles. The van der Waals surface area contributed by atoms with Crippen LogP contribution in [0.4, 0.5) is 0 Å². The summed E-state index contributed by atoms with van der Waals surface area (Å²) in [6.07, 6.45) is 9.07. The van der Waals surface area contributed by atoms with Gasteiger partial charge < -0.3 is 4.74 Å². The molecule has 0 amide bonds. The van der Waals surface area contributed by atoms with Crippen LogP contribution >= 0.6 is 0 Å². The van der Waals surface area contributed by atoms with E-state index in [1.807, 2.05) is 6.08 Å². The van der Waals surface area contributed by atoms with Crippen molar-refractivity contribution in [1.29, 1.82) is 0 Å². The lowest BCUT2D eigenvalue weighted by Crippen LogP contribution is -2.48. The smallest absolute Gasteiger partial charge is 0.121 e. The third-order valence-corrected chi connectivity index (χ3v) is 14.0. The van der Waals surface area contributed by atoms with Crippen molar-refractivity contribution in [2.75, 3.05) is 6.61 Å². The molecule has 1 aliphatic rings. The van der Waals surface area contributed by atoms with Crippen LogP contribution in [0.2, 0.25) is 13.1 Å². The molecule has 0 fully saturated rings. The van der Waals surface area contributed by atoms with Crippen molar-refractivity contribution in [1.82, 2.24) is 0 Å². The molecule has 5 aromatic rings. The Labute approximate surface area is 284 Å². The number of benzene rings is 5. The van der Waals surface area contributed by atoms with Crippen LogP contribution in [0.5, 0.6) is 5.75 Å². The van der Waals surface area contributed by atoms with Crippen molar-refractivity contribution in [3.8, 4) is 39.1 Å². The molecule has 0 radical (unpaired) electrons. The molecule has 0 unspecified atom stereocenters. The number of para-hydroxylation sites is 1. The first-order valence-corrected chi connectivity index (χ1v) is 20.7. The predicted octanol–water partition coefficient (Wildman–Crippen LogP) is 11.8. The Balaban J connectivity index is 1.47. The lowest BCUT2D eigenvalue weighted by atomic mass is 9.97. The number of unbranched alkanes of at least 4 members (excludes halogenated alkanes) is 2. The maximum atomic E-state index is 6.42. The summed E-state index contributed by atoms with van der Waals surface area (Å²) in [5.41, 5.74) is 15.1. The zero-order valence-electron chi connectivity index (χ0n) is 29.0. The zero-order valence-corrected chi connectivity index (χ0v) is 30.0. The second kappa shape index (κ2) is 14.3. The van der Waals surface area contributed by atoms with E-state index in [9.17, 15) is 0 Å². The maximum absolute atomic E-state index is 6.42. The fourth-order valence-electron chi connectivity index (χ4n) is 7.54. The van der Waals surface area contributed by atoms with E-state index < -0.39 is 8.07 Å². The van der Waals surface area contributed by atoms with Gasteiger partial charge in [-0.3, -0.25) is 0 Å². The maximum Gasteiger partial charge on any atom is 0.121 e. The normalized spacial score (nSPS) is 12.5. The van der Waals surface area contributed by atoms with Gasteiger partial charge in [0, 0.05) is 5.54 Å². The highest BCUT2D eigenvalue weighted by atomic mass is 28.3. The molecule has 0 aliphatic heterocycles. The summed E-state index contributed by atoms with van der Waals surface area (Å²) >= 11 is 0. The Hall–Kier alpha value is -4.14. The summed E-state index contributed by atoms with van der Waals surface area (Å²) in [5.74, 6) is 1.04. The van der Waals surface area contributed by atoms with E-state index in [0.29, 0.717) is 6.61 Å². The van der Waals surface area contributed by atoms with Gasteiger partial charge in [-0.1, -0.05) is 156 Å². The summed E-state index contributed by atoms with van der Waals surface area (Å²) in [7, 11) is -2.23. The van der Waals surface area contributed by atoms with Gasteiger partial charge >= 0.3 is 0 Å². The quantitative estimate of drug-likeness (QED) is 0.0925. The lowest BCUT2D eigenvalue weighted by molar-refractivity contribution is 0.363. The van der Waals surface area contributed by atoms with Crippen molar-refractivity contribution in [3.63, 3.8) is 0 Å². The second-order valence-electron chi connectivity index (χ2n) is 13.9. The van der Waals surface area contributed by atoms with Crippen LogP contribution in [-0.4, -0.2) is 14.7 Å². The first kappa shape index (κ1) is 32.8. The number of hydrogen-bond acceptors (Lipinski definition) is 1. The molecule has 0 spiro atoms. The van der Waals surface area contributed by atoms with Crippen molar-refractivity contribution in [3.05, 3.63) is 144 Å². The molecule has 6 rings (SSSR count). The molecule has 0 heterocycles. The van der Waals surface area contributed by atoms with Gasteiger partial charge in [0.15, 0.2) is 0 Å². The summed E-state index contributed by atoms with van der Waals surface area (Å²) < 4.78 is 6.42. The fraction of sp³-hybridized carbons (Fsp3) is 0.289. The topological polar surface area (TPSA) is 9.23 Å². The van der Waals surface area contributed by atoms with Gasteiger partial charge in [0.05, 0.1) is 8.07 Å². The molecule has 240 valence electrons. The average Bonchev–Trinajstić information content (AvgIpc) is 3.43. The molecule has 0 saturated heterocycles. The molecule has 0 N–H and O–H groups in total. The summed E-state index contributed by atoms with van der Waals surface area (Å²) in [6, 6.07) is 39.7. The highest BCUT2D eigenvalue weighted by Crippen LogP contribution is 2.51. The van der Waals surface area contributed by atoms with E-state index in [2.05, 4.69) is 144 Å². The third kappa shape index (κ3) is 6.67. The number of rotatable bonds is 13. The minimum absolute atomic E-state index is 0.285. The van der Waals surface area contributed by atoms with Gasteiger partial charge in [0.25, 0.3) is 0 Å². The molecular weight excluding hydrogens is 585 g/mol. The molecule has 47 heavy (non-hydrogen) atoms. The average molecular weight is 635 g/mol. The number of aryl methyl sites for hydroxylation is 3. The lowest BCUT2D eigenvalue weighted by Gasteiger charge is -2.34. The molecule has 1 nitrogen and oxygen atoms in total. The van der Waals surface area contributed by atoms with Crippen LogP contribution in [0.25, 0.3) is 33.4 Å². The standard InChI is InChI=1S/C45H50OSi/c1-7-10-14-33-17-21-35(22-18-33)37-25-27-39-40-28-26-38(36-23-19-34(20-24-36)15-11-8-2)31-42(40)45(41(39)30-37)47(5,6)43-16-12-13-32(4)44(43)46-29-9-3/h9,12-13,16-28,30-31,45H,3,7-8,10-11,14-15,29H2,1-2,4-6H3. The predicted molar refractivity (Wildman–Crippen MR) is 206 cm³/mol. The molecular formula is C45H50OSi. The summed E-state index contributed by atoms with van der Waals surface area (Å²) in [4.78, 5) is 0. The van der Waals surface area contributed by atoms with E-state index >= 15 is 0 Å². The van der Waals surface area contributed by atoms with Crippen molar-refractivity contribution in [2.24, 2.45) is 0 Å². The monoisotopic (exact) mass is 634 g/mol. The van der Waals surface area contributed by atoms with E-state index in [4.69, 9.17) is 4.74 Å². The van der Waals surface area contributed by atoms with Crippen LogP contribution in [0, 0.1) is 6.92 Å². The Bertz CT molecular complexity index is 1740. The minimum atomic E-state index is -2.23. The minimum Gasteiger partial charge on any atom is -0.489 e. The van der Waals surface area contributed by atoms with Gasteiger partial charge in [-0.15, -0.1) is 0 Å². The van der Waals surface area contributed by atoms with Crippen molar-refractivity contribution < 1.29 is 4.74 Å². The van der Waals surface area contributed by atoms with E-state index in [-0.39, 0.29) is 5.54 Å². The van der Waals surface area contributed by atoms with Crippen LogP contribution in [-0.2, 0) is 12.8 Å². The molecule has 2 heteroatoms. The first-order chi connectivity index (χ1) is 22.8. The second-order valence-corrected chi connectivity index (χ2v) is 18.5. The number of hydrogen-bond donors (Lipinski definition) is 0. The first-order valence-electron chi connectivity index (χ1n) is 17.7. The highest BCUT2D eigenvalue weighted by molar-refractivity contribution is 6.92. The molecule has 0 aromatic heterocycles. The molecule has 0 saturated carbocycles. The number of fused-ring (bicyclic) bond motifs is 3. The molecule has 1 aliphatic carbocycles. The largest absolute Gasteiger partial charge is 0.489 e. The third-order valence-electron chi connectivity index (χ3n) is 10.2. The zero-order chi connectivity index (χ0) is 33.0. The highest BCUT2D eigenvalue weighted by Gasteiger charge is 2.44. The Kier molecular flexibility index (Phi) is 9.99. The van der Waals surface area contributed by atoms with Gasteiger partial charge in [0.1, 0.15) is 12.4 Å².